The molecular formula is C28H30NO2Rh-. The van der Waals surface area contributed by atoms with Crippen molar-refractivity contribution in [1.29, 1.82) is 0 Å². The van der Waals surface area contributed by atoms with Crippen molar-refractivity contribution in [1.82, 2.24) is 0 Å². The molecule has 3 aromatic rings. The van der Waals surface area contributed by atoms with Crippen LogP contribution in [0.4, 0.5) is 0 Å². The summed E-state index contributed by atoms with van der Waals surface area (Å²) in [4.78, 5) is 4.57. The van der Waals surface area contributed by atoms with Crippen molar-refractivity contribution in [2.75, 3.05) is 7.11 Å². The van der Waals surface area contributed by atoms with E-state index in [0.29, 0.717) is 5.56 Å². The van der Waals surface area contributed by atoms with Crippen molar-refractivity contribution in [3.05, 3.63) is 96.1 Å². The van der Waals surface area contributed by atoms with E-state index >= 15 is 0 Å². The summed E-state index contributed by atoms with van der Waals surface area (Å²) in [6.45, 7) is 2.01. The normalized spacial score (nSPS) is 16.1. The molecule has 0 heterocycles. The van der Waals surface area contributed by atoms with Crippen LogP contribution in [0.5, 0.6) is 11.5 Å². The Kier molecular flexibility index (Phi) is 10.9. The molecule has 3 aromatic carbocycles. The number of hydrogen-bond acceptors (Lipinski definition) is 3. The Bertz CT molecular complexity index is 1030. The van der Waals surface area contributed by atoms with Gasteiger partial charge in [0.05, 0.1) is 13.2 Å². The monoisotopic (exact) mass is 515 g/mol. The summed E-state index contributed by atoms with van der Waals surface area (Å²) in [6, 6.07) is 19.1. The van der Waals surface area contributed by atoms with E-state index in [1.54, 1.807) is 19.4 Å². The molecule has 0 saturated heterocycles. The molecule has 0 unspecified atom stereocenters. The van der Waals surface area contributed by atoms with Crippen LogP contribution in [0.15, 0.2) is 90.0 Å². The molecule has 0 N–H and O–H groups in total. The zero-order valence-corrected chi connectivity index (χ0v) is 20.3. The topological polar surface area (TPSA) is 44.6 Å². The van der Waals surface area contributed by atoms with E-state index in [-0.39, 0.29) is 31.3 Å². The molecule has 0 fully saturated rings. The maximum absolute atomic E-state index is 12.2. The Morgan fingerprint density at radius 2 is 1.44 bits per heavy atom. The van der Waals surface area contributed by atoms with E-state index in [1.807, 2.05) is 61.5 Å². The van der Waals surface area contributed by atoms with E-state index in [4.69, 9.17) is 4.74 Å². The first kappa shape index (κ1) is 25.6. The first-order chi connectivity index (χ1) is 15.2. The third-order valence-corrected chi connectivity index (χ3v) is 5.29. The van der Waals surface area contributed by atoms with Gasteiger partial charge in [0.2, 0.25) is 0 Å². The van der Waals surface area contributed by atoms with Gasteiger partial charge < -0.3 is 9.84 Å². The fourth-order valence-electron chi connectivity index (χ4n) is 3.42. The average molecular weight is 515 g/mol. The van der Waals surface area contributed by atoms with Gasteiger partial charge in [0.15, 0.2) is 0 Å². The minimum absolute atomic E-state index is 0. The average Bonchev–Trinajstić information content (AvgIpc) is 2.78. The smallest absolute Gasteiger partial charge is 0.118 e. The second kappa shape index (κ2) is 13.7. The van der Waals surface area contributed by atoms with Gasteiger partial charge in [-0.2, -0.15) is 0 Å². The molecule has 0 spiro atoms. The van der Waals surface area contributed by atoms with Crippen LogP contribution in [-0.2, 0) is 19.5 Å². The molecule has 1 radical (unpaired) electrons. The Hall–Kier alpha value is -2.71. The zero-order valence-electron chi connectivity index (χ0n) is 18.7. The molecule has 1 aliphatic carbocycles. The summed E-state index contributed by atoms with van der Waals surface area (Å²) in [6.07, 6.45) is 15.7. The predicted octanol–water partition coefficient (Wildman–Crippen LogP) is 6.77. The largest absolute Gasteiger partial charge is 0.872 e. The van der Waals surface area contributed by atoms with Gasteiger partial charge in [-0.05, 0) is 66.6 Å². The van der Waals surface area contributed by atoms with E-state index in [9.17, 15) is 5.11 Å². The van der Waals surface area contributed by atoms with Crippen LogP contribution in [0.3, 0.4) is 0 Å². The predicted molar refractivity (Wildman–Crippen MR) is 129 cm³/mol. The van der Waals surface area contributed by atoms with Crippen LogP contribution in [-0.4, -0.2) is 13.3 Å². The second-order valence-electron chi connectivity index (χ2n) is 7.52. The summed E-state index contributed by atoms with van der Waals surface area (Å²) in [5, 5.41) is 14.1. The number of nitrogens with zero attached hydrogens (tertiary/aromatic N) is 1. The molecular weight excluding hydrogens is 485 g/mol. The Morgan fingerprint density at radius 1 is 0.844 bits per heavy atom. The van der Waals surface area contributed by atoms with Crippen molar-refractivity contribution < 1.29 is 29.3 Å². The Balaban J connectivity index is 0.000000342. The summed E-state index contributed by atoms with van der Waals surface area (Å²) < 4.78 is 5.16. The molecule has 0 aliphatic heterocycles. The van der Waals surface area contributed by atoms with E-state index in [0.717, 1.165) is 22.1 Å². The van der Waals surface area contributed by atoms with Gasteiger partial charge in [-0.15, -0.1) is 0 Å². The first-order valence-corrected chi connectivity index (χ1v) is 10.8. The van der Waals surface area contributed by atoms with Crippen LogP contribution >= 0.6 is 0 Å². The van der Waals surface area contributed by atoms with Gasteiger partial charge in [0.1, 0.15) is 5.75 Å². The number of hydrogen-bond donors (Lipinski definition) is 0. The maximum Gasteiger partial charge on any atom is 0.118 e. The number of ether oxygens (including phenoxy) is 1. The van der Waals surface area contributed by atoms with Crippen molar-refractivity contribution in [3.8, 4) is 11.5 Å². The van der Waals surface area contributed by atoms with Gasteiger partial charge >= 0.3 is 0 Å². The molecule has 4 heteroatoms. The van der Waals surface area contributed by atoms with Crippen LogP contribution in [0.2, 0.25) is 0 Å². The third-order valence-electron chi connectivity index (χ3n) is 5.29. The number of rotatable bonds is 4. The summed E-state index contributed by atoms with van der Waals surface area (Å²) in [5.41, 5.74) is 1.72. The Morgan fingerprint density at radius 3 is 2.03 bits per heavy atom. The molecule has 0 bridgehead atoms. The number of fused-ring (bicyclic) bond motifs is 1. The maximum atomic E-state index is 12.2. The van der Waals surface area contributed by atoms with Crippen LogP contribution in [0, 0.1) is 0 Å². The fraction of sp³-hybridized carbons (Fsp3) is 0.250. The molecule has 0 saturated carbocycles. The number of allylic oxidation sites excluding steroid dienone is 4. The van der Waals surface area contributed by atoms with E-state index < -0.39 is 0 Å². The molecule has 0 aromatic heterocycles. The number of methoxy groups -OCH3 is 1. The van der Waals surface area contributed by atoms with E-state index in [2.05, 4.69) is 29.3 Å². The standard InChI is InChI=1S/C20H19NO2.C8H12.Rh/c1-14(15-7-10-17(23-2)11-8-15)21-13-19-18-6-4-3-5-16(18)9-12-20(19)22;1-2-4-6-8-7-5-3-1;/h3-14,22H,1-2H3;1-2,7-8H,3-6H2;/p-1/b;2-1-,8-7-;/t14-;;/m1../s1. The van der Waals surface area contributed by atoms with Gasteiger partial charge in [0.25, 0.3) is 0 Å². The summed E-state index contributed by atoms with van der Waals surface area (Å²) in [7, 11) is 1.65. The van der Waals surface area contributed by atoms with Crippen LogP contribution in [0.25, 0.3) is 10.8 Å². The van der Waals surface area contributed by atoms with Crippen LogP contribution in [0.1, 0.15) is 49.8 Å². The molecule has 169 valence electrons. The quantitative estimate of drug-likeness (QED) is 0.219. The van der Waals surface area contributed by atoms with Gasteiger partial charge in [-0.25, -0.2) is 0 Å². The Labute approximate surface area is 204 Å². The molecule has 3 nitrogen and oxygen atoms in total. The SMILES string of the molecule is C1=C\CC/C=C\CC/1.COc1ccc([C@@H](C)N=Cc2c([O-])ccc3ccccc23)cc1.[Rh]. The first-order valence-electron chi connectivity index (χ1n) is 10.8. The van der Waals surface area contributed by atoms with Gasteiger partial charge in [-0.3, -0.25) is 4.99 Å². The molecule has 4 rings (SSSR count). The number of aliphatic imine (C=N–C) groups is 1. The zero-order chi connectivity index (χ0) is 21.9. The summed E-state index contributed by atoms with van der Waals surface area (Å²) >= 11 is 0. The van der Waals surface area contributed by atoms with Crippen molar-refractivity contribution >= 4 is 17.0 Å². The van der Waals surface area contributed by atoms with Crippen molar-refractivity contribution in [2.24, 2.45) is 4.99 Å². The molecule has 1 aliphatic rings. The second-order valence-corrected chi connectivity index (χ2v) is 7.52. The van der Waals surface area contributed by atoms with Crippen molar-refractivity contribution in [3.63, 3.8) is 0 Å². The molecule has 1 atom stereocenters. The van der Waals surface area contributed by atoms with Gasteiger partial charge in [0, 0.05) is 25.7 Å². The summed E-state index contributed by atoms with van der Waals surface area (Å²) in [5.74, 6) is 0.815. The molecule has 32 heavy (non-hydrogen) atoms. The number of benzene rings is 3. The van der Waals surface area contributed by atoms with Gasteiger partial charge in [-0.1, -0.05) is 78.6 Å². The van der Waals surface area contributed by atoms with E-state index in [1.165, 1.54) is 25.7 Å². The third kappa shape index (κ3) is 7.46. The van der Waals surface area contributed by atoms with Crippen LogP contribution < -0.4 is 9.84 Å². The minimum atomic E-state index is -0.0284. The fourth-order valence-corrected chi connectivity index (χ4v) is 3.42. The van der Waals surface area contributed by atoms with Crippen molar-refractivity contribution in [2.45, 2.75) is 38.6 Å². The minimum Gasteiger partial charge on any atom is -0.872 e. The molecule has 0 amide bonds.